The summed E-state index contributed by atoms with van der Waals surface area (Å²) < 4.78 is 75.9. The van der Waals surface area contributed by atoms with Gasteiger partial charge < -0.3 is 5.11 Å². The Labute approximate surface area is 161 Å². The van der Waals surface area contributed by atoms with Gasteiger partial charge in [-0.05, 0) is 24.1 Å². The molecule has 0 aromatic heterocycles. The first-order valence-electron chi connectivity index (χ1n) is 8.28. The van der Waals surface area contributed by atoms with E-state index in [0.717, 1.165) is 6.08 Å². The van der Waals surface area contributed by atoms with Crippen molar-refractivity contribution in [2.24, 2.45) is 11.8 Å². The van der Waals surface area contributed by atoms with Crippen molar-refractivity contribution < 1.29 is 30.4 Å². The van der Waals surface area contributed by atoms with Crippen LogP contribution in [0.25, 0.3) is 0 Å². The van der Waals surface area contributed by atoms with E-state index in [2.05, 4.69) is 4.72 Å². The molecule has 0 aliphatic heterocycles. The maximum Gasteiger partial charge on any atom is 0.218 e. The second-order valence-electron chi connectivity index (χ2n) is 6.44. The van der Waals surface area contributed by atoms with E-state index in [4.69, 9.17) is 5.11 Å². The molecule has 27 heavy (non-hydrogen) atoms. The van der Waals surface area contributed by atoms with Gasteiger partial charge in [0.1, 0.15) is 16.0 Å². The number of sulfonamides is 1. The van der Waals surface area contributed by atoms with Gasteiger partial charge in [0, 0.05) is 12.5 Å². The van der Waals surface area contributed by atoms with E-state index < -0.39 is 52.9 Å². The molecule has 152 valence electrons. The topological polar surface area (TPSA) is 135 Å². The highest BCUT2D eigenvalue weighted by molar-refractivity contribution is 7.99. The van der Waals surface area contributed by atoms with Gasteiger partial charge >= 0.3 is 0 Å². The van der Waals surface area contributed by atoms with Crippen LogP contribution in [0.3, 0.4) is 0 Å². The number of aliphatic hydroxyl groups excluding tert-OH is 1. The van der Waals surface area contributed by atoms with Crippen LogP contribution in [0.4, 0.5) is 0 Å². The first-order valence-corrected chi connectivity index (χ1v) is 12.6. The third-order valence-corrected chi connectivity index (χ3v) is 9.59. The third-order valence-electron chi connectivity index (χ3n) is 4.58. The van der Waals surface area contributed by atoms with Crippen LogP contribution in [0, 0.1) is 11.8 Å². The molecule has 2 N–H and O–H groups in total. The predicted octanol–water partition coefficient (Wildman–Crippen LogP) is -0.159. The molecule has 0 saturated heterocycles. The second kappa shape index (κ2) is 8.39. The van der Waals surface area contributed by atoms with Crippen molar-refractivity contribution in [2.75, 3.05) is 13.2 Å². The van der Waals surface area contributed by atoms with Gasteiger partial charge in [0.05, 0.1) is 21.7 Å². The molecule has 2 aliphatic carbocycles. The normalized spacial score (nSPS) is 28.9. The van der Waals surface area contributed by atoms with Crippen LogP contribution in [0.5, 0.6) is 0 Å². The van der Waals surface area contributed by atoms with Crippen molar-refractivity contribution in [3.8, 4) is 0 Å². The Balaban J connectivity index is 2.44. The Morgan fingerprint density at radius 1 is 1.15 bits per heavy atom. The average Bonchev–Trinajstić information content (AvgIpc) is 2.59. The van der Waals surface area contributed by atoms with Crippen LogP contribution in [-0.4, -0.2) is 54.0 Å². The zero-order valence-corrected chi connectivity index (χ0v) is 17.4. The summed E-state index contributed by atoms with van der Waals surface area (Å²) in [4.78, 5) is -0.257. The fourth-order valence-corrected chi connectivity index (χ4v) is 7.29. The Morgan fingerprint density at radius 2 is 1.81 bits per heavy atom. The number of hydrogen-bond donors (Lipinski definition) is 3. The summed E-state index contributed by atoms with van der Waals surface area (Å²) in [5, 5.41) is 6.77. The number of hydrogen-bond acceptors (Lipinski definition) is 7. The van der Waals surface area contributed by atoms with Gasteiger partial charge in [-0.15, -0.1) is 0 Å². The zero-order chi connectivity index (χ0) is 20.4. The van der Waals surface area contributed by atoms with Crippen LogP contribution >= 0.6 is 0 Å². The van der Waals surface area contributed by atoms with E-state index >= 15 is 0 Å². The maximum atomic E-state index is 13.0. The number of thiol groups is 1. The molecule has 0 bridgehead atoms. The van der Waals surface area contributed by atoms with Gasteiger partial charge in [-0.25, -0.2) is 30.0 Å². The lowest BCUT2D eigenvalue weighted by molar-refractivity contribution is 0.300. The van der Waals surface area contributed by atoms with Gasteiger partial charge in [-0.1, -0.05) is 32.1 Å². The molecule has 11 heteroatoms. The average molecular weight is 438 g/mol. The standard InChI is InChI=1S/C16H23NO7S3/c1-11-6-7-13(10-16(11)27(23,24)17-8-9-18)26(21,22)15-5-3-4-14(12(15)2)25(19)20/h3-7,10-12,14,16-18,25H,8-9H2,1-2H3. The fourth-order valence-electron chi connectivity index (χ4n) is 3.04. The van der Waals surface area contributed by atoms with E-state index in [1.807, 2.05) is 0 Å². The third kappa shape index (κ3) is 4.60. The van der Waals surface area contributed by atoms with Gasteiger partial charge in [0.15, 0.2) is 0 Å². The van der Waals surface area contributed by atoms with E-state index in [9.17, 15) is 25.3 Å². The summed E-state index contributed by atoms with van der Waals surface area (Å²) in [6.45, 7) is 2.60. The molecule has 0 saturated carbocycles. The van der Waals surface area contributed by atoms with Crippen LogP contribution in [0.1, 0.15) is 13.8 Å². The van der Waals surface area contributed by atoms with Crippen LogP contribution < -0.4 is 4.72 Å². The summed E-state index contributed by atoms with van der Waals surface area (Å²) in [6, 6.07) is 0. The molecule has 0 amide bonds. The summed E-state index contributed by atoms with van der Waals surface area (Å²) in [7, 11) is -10.8. The minimum Gasteiger partial charge on any atom is -0.395 e. The maximum absolute atomic E-state index is 13.0. The molecule has 2 aliphatic rings. The van der Waals surface area contributed by atoms with Gasteiger partial charge in [0.25, 0.3) is 0 Å². The van der Waals surface area contributed by atoms with Crippen molar-refractivity contribution in [2.45, 2.75) is 24.3 Å². The van der Waals surface area contributed by atoms with Gasteiger partial charge in [-0.3, -0.25) is 0 Å². The molecular formula is C16H23NO7S3. The molecular weight excluding hydrogens is 414 g/mol. The second-order valence-corrected chi connectivity index (χ2v) is 11.5. The summed E-state index contributed by atoms with van der Waals surface area (Å²) in [5.74, 6) is -1.25. The molecule has 0 heterocycles. The highest BCUT2D eigenvalue weighted by Gasteiger charge is 2.37. The van der Waals surface area contributed by atoms with Crippen LogP contribution in [0.15, 0.2) is 46.3 Å². The minimum atomic E-state index is -4.06. The van der Waals surface area contributed by atoms with E-state index in [1.54, 1.807) is 6.92 Å². The van der Waals surface area contributed by atoms with Crippen molar-refractivity contribution in [1.29, 1.82) is 0 Å². The first kappa shape index (κ1) is 22.0. The van der Waals surface area contributed by atoms with E-state index in [-0.39, 0.29) is 23.0 Å². The monoisotopic (exact) mass is 437 g/mol. The van der Waals surface area contributed by atoms with Crippen molar-refractivity contribution in [3.63, 3.8) is 0 Å². The van der Waals surface area contributed by atoms with Crippen molar-refractivity contribution in [1.82, 2.24) is 4.72 Å². The molecule has 4 atom stereocenters. The molecule has 8 nitrogen and oxygen atoms in total. The number of nitrogens with one attached hydrogen (secondary N) is 1. The highest BCUT2D eigenvalue weighted by Crippen LogP contribution is 2.34. The Morgan fingerprint density at radius 3 is 2.41 bits per heavy atom. The molecule has 0 radical (unpaired) electrons. The summed E-state index contributed by atoms with van der Waals surface area (Å²) in [6.07, 6.45) is 8.15. The lowest BCUT2D eigenvalue weighted by atomic mass is 10.0. The van der Waals surface area contributed by atoms with Crippen LogP contribution in [0.2, 0.25) is 0 Å². The van der Waals surface area contributed by atoms with E-state index in [0.29, 0.717) is 0 Å². The zero-order valence-electron chi connectivity index (χ0n) is 14.8. The summed E-state index contributed by atoms with van der Waals surface area (Å²) >= 11 is 0. The minimum absolute atomic E-state index is 0.0703. The van der Waals surface area contributed by atoms with Gasteiger partial charge in [-0.2, -0.15) is 0 Å². The Hall–Kier alpha value is -1.27. The van der Waals surface area contributed by atoms with Crippen molar-refractivity contribution >= 4 is 30.6 Å². The Kier molecular flexibility index (Phi) is 6.85. The molecule has 0 aromatic rings. The Bertz CT molecular complexity index is 977. The van der Waals surface area contributed by atoms with Crippen LogP contribution in [-0.2, 0) is 30.6 Å². The fraction of sp³-hybridized carbons (Fsp3) is 0.500. The highest BCUT2D eigenvalue weighted by atomic mass is 32.2. The molecule has 0 aromatic carbocycles. The van der Waals surface area contributed by atoms with Gasteiger partial charge in [0.2, 0.25) is 19.9 Å². The number of sulfone groups is 1. The molecule has 0 fully saturated rings. The quantitative estimate of drug-likeness (QED) is 0.471. The summed E-state index contributed by atoms with van der Waals surface area (Å²) in [5.41, 5.74) is 0. The largest absolute Gasteiger partial charge is 0.395 e. The SMILES string of the molecule is CC1C=CC(S(=O)(=O)C2=CC=CC([SH](=O)=O)C2C)=CC1S(=O)(=O)NCCO. The predicted molar refractivity (Wildman–Crippen MR) is 104 cm³/mol. The lowest BCUT2D eigenvalue weighted by Gasteiger charge is -2.26. The van der Waals surface area contributed by atoms with E-state index in [1.165, 1.54) is 37.3 Å². The number of aliphatic hydroxyl groups is 1. The molecule has 2 rings (SSSR count). The van der Waals surface area contributed by atoms with Crippen molar-refractivity contribution in [3.05, 3.63) is 46.3 Å². The number of rotatable bonds is 7. The smallest absolute Gasteiger partial charge is 0.218 e. The first-order chi connectivity index (χ1) is 12.5. The molecule has 0 spiro atoms. The lowest BCUT2D eigenvalue weighted by Crippen LogP contribution is -2.39. The number of allylic oxidation sites excluding steroid dienone is 5. The molecule has 4 unspecified atom stereocenters.